The van der Waals surface area contributed by atoms with E-state index >= 15 is 0 Å². The third-order valence-electron chi connectivity index (χ3n) is 7.62. The number of hydrogen-bond acceptors (Lipinski definition) is 0. The second-order valence-electron chi connectivity index (χ2n) is 9.57. The summed E-state index contributed by atoms with van der Waals surface area (Å²) in [7, 11) is -0.568. The highest BCUT2D eigenvalue weighted by Crippen LogP contribution is 2.42. The second kappa shape index (κ2) is 12.1. The Morgan fingerprint density at radius 1 is 0.967 bits per heavy atom. The first-order valence-electron chi connectivity index (χ1n) is 11.9. The van der Waals surface area contributed by atoms with E-state index in [1.54, 1.807) is 6.07 Å². The van der Waals surface area contributed by atoms with Crippen LogP contribution in [0.15, 0.2) is 24.3 Å². The molecule has 3 rings (SSSR count). The minimum Gasteiger partial charge on any atom is -0.251 e. The van der Waals surface area contributed by atoms with Gasteiger partial charge in [-0.3, -0.25) is 4.39 Å². The fourth-order valence-corrected chi connectivity index (χ4v) is 9.29. The zero-order chi connectivity index (χ0) is 21.3. The average molecular weight is 441 g/mol. The molecule has 0 amide bonds. The highest BCUT2D eigenvalue weighted by Gasteiger charge is 2.31. The highest BCUT2D eigenvalue weighted by atomic mass is 28.3. The molecule has 0 nitrogen and oxygen atoms in total. The zero-order valence-corrected chi connectivity index (χ0v) is 19.2. The summed E-state index contributed by atoms with van der Waals surface area (Å²) in [4.78, 5) is 0. The molecule has 5 heteroatoms. The van der Waals surface area contributed by atoms with Gasteiger partial charge in [-0.1, -0.05) is 62.4 Å². The summed E-state index contributed by atoms with van der Waals surface area (Å²) in [5.41, 5.74) is 0.863. The molecule has 0 bridgehead atoms. The van der Waals surface area contributed by atoms with E-state index in [9.17, 15) is 17.6 Å². The van der Waals surface area contributed by atoms with Crippen molar-refractivity contribution >= 4 is 14.9 Å². The lowest BCUT2D eigenvalue weighted by atomic mass is 9.73. The lowest BCUT2D eigenvalue weighted by Crippen LogP contribution is -2.28. The van der Waals surface area contributed by atoms with E-state index in [4.69, 9.17) is 0 Å². The molecule has 0 aromatic heterocycles. The zero-order valence-electron chi connectivity index (χ0n) is 18.0. The Morgan fingerprint density at radius 2 is 1.67 bits per heavy atom. The van der Waals surface area contributed by atoms with E-state index in [2.05, 4.69) is 0 Å². The van der Waals surface area contributed by atoms with Gasteiger partial charge in [0.05, 0.1) is 6.67 Å². The van der Waals surface area contributed by atoms with Crippen molar-refractivity contribution in [3.8, 4) is 0 Å². The quantitative estimate of drug-likeness (QED) is 0.206. The molecule has 1 aliphatic heterocycles. The number of aryl methyl sites for hydroxylation is 1. The Balaban J connectivity index is 1.36. The molecule has 0 atom stereocenters. The van der Waals surface area contributed by atoms with Crippen LogP contribution < -0.4 is 0 Å². The summed E-state index contributed by atoms with van der Waals surface area (Å²) in [6.45, 7) is -0.149. The third kappa shape index (κ3) is 7.25. The van der Waals surface area contributed by atoms with Gasteiger partial charge in [0.15, 0.2) is 0 Å². The predicted octanol–water partition coefficient (Wildman–Crippen LogP) is 8.19. The third-order valence-corrected chi connectivity index (χ3v) is 11.1. The average Bonchev–Trinajstić information content (AvgIpc) is 2.75. The van der Waals surface area contributed by atoms with Crippen LogP contribution in [0, 0.1) is 23.6 Å². The van der Waals surface area contributed by atoms with Crippen LogP contribution in [0.4, 0.5) is 17.6 Å². The summed E-state index contributed by atoms with van der Waals surface area (Å²) in [5, 5.41) is 0. The number of benzene rings is 1. The molecule has 1 aromatic rings. The van der Waals surface area contributed by atoms with Crippen LogP contribution in [-0.4, -0.2) is 15.5 Å². The van der Waals surface area contributed by atoms with Crippen molar-refractivity contribution in [1.82, 2.24) is 0 Å². The number of rotatable bonds is 9. The van der Waals surface area contributed by atoms with Gasteiger partial charge < -0.3 is 0 Å². The van der Waals surface area contributed by atoms with Crippen LogP contribution in [0.5, 0.6) is 0 Å². The van der Waals surface area contributed by atoms with Gasteiger partial charge in [-0.05, 0) is 61.5 Å². The SMILES string of the molecule is FCCCC[SiH]1CCC(C2CCC(CCc3ccc(C=C(F)F)c(F)c3)CC2)CC1. The maximum atomic E-state index is 14.0. The maximum Gasteiger partial charge on any atom is 0.271 e. The molecule has 2 fully saturated rings. The van der Waals surface area contributed by atoms with Crippen LogP contribution in [0.3, 0.4) is 0 Å². The highest BCUT2D eigenvalue weighted by molar-refractivity contribution is 6.58. The van der Waals surface area contributed by atoms with E-state index in [0.717, 1.165) is 43.1 Å². The first-order valence-corrected chi connectivity index (χ1v) is 14.4. The maximum absolute atomic E-state index is 14.0. The largest absolute Gasteiger partial charge is 0.271 e. The first-order chi connectivity index (χ1) is 14.5. The van der Waals surface area contributed by atoms with Gasteiger partial charge in [0.2, 0.25) is 0 Å². The van der Waals surface area contributed by atoms with Crippen molar-refractivity contribution in [3.63, 3.8) is 0 Å². The molecule has 0 N–H and O–H groups in total. The molecular formula is C25H36F4Si. The fourth-order valence-electron chi connectivity index (χ4n) is 5.76. The van der Waals surface area contributed by atoms with Crippen molar-refractivity contribution in [2.45, 2.75) is 82.3 Å². The van der Waals surface area contributed by atoms with E-state index < -0.39 is 20.7 Å². The predicted molar refractivity (Wildman–Crippen MR) is 120 cm³/mol. The topological polar surface area (TPSA) is 0 Å². The molecule has 1 aromatic carbocycles. The molecule has 1 saturated heterocycles. The van der Waals surface area contributed by atoms with Crippen LogP contribution in [0.1, 0.15) is 68.9 Å². The minimum atomic E-state index is -1.87. The molecule has 1 saturated carbocycles. The van der Waals surface area contributed by atoms with Gasteiger partial charge >= 0.3 is 0 Å². The number of unbranched alkanes of at least 4 members (excludes halogenated alkanes) is 1. The Bertz CT molecular complexity index is 670. The monoisotopic (exact) mass is 440 g/mol. The van der Waals surface area contributed by atoms with Gasteiger partial charge in [-0.25, -0.2) is 4.39 Å². The van der Waals surface area contributed by atoms with Gasteiger partial charge in [-0.15, -0.1) is 0 Å². The Morgan fingerprint density at radius 3 is 2.30 bits per heavy atom. The van der Waals surface area contributed by atoms with Gasteiger partial charge in [0.1, 0.15) is 5.82 Å². The Kier molecular flexibility index (Phi) is 9.48. The number of hydrogen-bond donors (Lipinski definition) is 0. The summed E-state index contributed by atoms with van der Waals surface area (Å²) >= 11 is 0. The summed E-state index contributed by atoms with van der Waals surface area (Å²) in [6, 6.07) is 8.94. The molecule has 168 valence electrons. The Labute approximate surface area is 180 Å². The van der Waals surface area contributed by atoms with Crippen molar-refractivity contribution in [2.75, 3.05) is 6.67 Å². The lowest BCUT2D eigenvalue weighted by Gasteiger charge is -2.37. The summed E-state index contributed by atoms with van der Waals surface area (Å²) in [6.07, 6.45) is 10.5. The molecule has 0 unspecified atom stereocenters. The molecule has 1 aliphatic carbocycles. The molecular weight excluding hydrogens is 404 g/mol. The van der Waals surface area contributed by atoms with Gasteiger partial charge in [0, 0.05) is 20.4 Å². The van der Waals surface area contributed by atoms with Gasteiger partial charge in [-0.2, -0.15) is 8.78 Å². The van der Waals surface area contributed by atoms with Crippen LogP contribution in [-0.2, 0) is 6.42 Å². The van der Waals surface area contributed by atoms with Crippen molar-refractivity contribution < 1.29 is 17.6 Å². The first kappa shape index (κ1) is 23.6. The molecule has 1 heterocycles. The van der Waals surface area contributed by atoms with Crippen LogP contribution in [0.2, 0.25) is 18.1 Å². The van der Waals surface area contributed by atoms with Crippen molar-refractivity contribution in [1.29, 1.82) is 0 Å². The standard InChI is InChI=1S/C25H36F4Si/c26-13-1-2-14-30-15-11-22(12-16-30)21-8-5-19(6-9-21)3-4-20-7-10-23(18-25(28)29)24(27)17-20/h7,10,17-19,21-22,30H,1-6,8-9,11-16H2. The second-order valence-corrected chi connectivity index (χ2v) is 13.0. The fraction of sp³-hybridized carbons (Fsp3) is 0.680. The Hall–Kier alpha value is -1.10. The lowest BCUT2D eigenvalue weighted by molar-refractivity contribution is 0.186. The summed E-state index contributed by atoms with van der Waals surface area (Å²) in [5.74, 6) is 1.95. The molecule has 0 spiro atoms. The smallest absolute Gasteiger partial charge is 0.251 e. The molecule has 2 aliphatic rings. The van der Waals surface area contributed by atoms with E-state index in [1.165, 1.54) is 68.8 Å². The van der Waals surface area contributed by atoms with Gasteiger partial charge in [0.25, 0.3) is 6.08 Å². The van der Waals surface area contributed by atoms with Crippen molar-refractivity contribution in [2.24, 2.45) is 17.8 Å². The number of halogens is 4. The normalized spacial score (nSPS) is 27.1. The minimum absolute atomic E-state index is 0.0422. The van der Waals surface area contributed by atoms with Crippen molar-refractivity contribution in [3.05, 3.63) is 41.2 Å². The summed E-state index contributed by atoms with van der Waals surface area (Å²) < 4.78 is 50.9. The van der Waals surface area contributed by atoms with E-state index in [-0.39, 0.29) is 12.2 Å². The van der Waals surface area contributed by atoms with E-state index in [0.29, 0.717) is 12.0 Å². The van der Waals surface area contributed by atoms with Crippen LogP contribution in [0.25, 0.3) is 6.08 Å². The number of alkyl halides is 1. The van der Waals surface area contributed by atoms with E-state index in [1.807, 2.05) is 0 Å². The van der Waals surface area contributed by atoms with Crippen LogP contribution >= 0.6 is 0 Å². The molecule has 30 heavy (non-hydrogen) atoms. The molecule has 0 radical (unpaired) electrons.